The molecule has 25 heavy (non-hydrogen) atoms. The molecule has 2 aromatic rings. The van der Waals surface area contributed by atoms with E-state index in [1.165, 1.54) is 0 Å². The van der Waals surface area contributed by atoms with Gasteiger partial charge in [0.05, 0.1) is 12.8 Å². The van der Waals surface area contributed by atoms with Crippen molar-refractivity contribution in [3.05, 3.63) is 35.8 Å². The number of nitrogens with zero attached hydrogens (tertiary/aromatic N) is 4. The molecule has 3 heterocycles. The summed E-state index contributed by atoms with van der Waals surface area (Å²) in [4.78, 5) is 9.10. The van der Waals surface area contributed by atoms with E-state index in [0.717, 1.165) is 68.7 Å². The largest absolute Gasteiger partial charge is 0.469 e. The smallest absolute Gasteiger partial charge is 0.191 e. The van der Waals surface area contributed by atoms with Crippen molar-refractivity contribution in [1.29, 1.82) is 0 Å². The normalized spacial score (nSPS) is 16.9. The van der Waals surface area contributed by atoms with E-state index >= 15 is 0 Å². The average Bonchev–Trinajstić information content (AvgIpc) is 3.20. The molecule has 0 saturated heterocycles. The van der Waals surface area contributed by atoms with Crippen LogP contribution in [0, 0.1) is 6.92 Å². The van der Waals surface area contributed by atoms with E-state index in [0.29, 0.717) is 6.04 Å². The molecule has 8 heteroatoms. The van der Waals surface area contributed by atoms with Gasteiger partial charge in [-0.2, -0.15) is 5.10 Å². The predicted octanol–water partition coefficient (Wildman–Crippen LogP) is 2.30. The van der Waals surface area contributed by atoms with Crippen molar-refractivity contribution in [2.45, 2.75) is 52.1 Å². The molecule has 1 aliphatic heterocycles. The molecule has 138 valence electrons. The lowest BCUT2D eigenvalue weighted by Gasteiger charge is -2.25. The fourth-order valence-electron chi connectivity index (χ4n) is 2.88. The minimum absolute atomic E-state index is 0. The maximum absolute atomic E-state index is 5.37. The number of nitrogens with one attached hydrogen (secondary N) is 2. The molecule has 0 spiro atoms. The van der Waals surface area contributed by atoms with Gasteiger partial charge in [-0.25, -0.2) is 9.67 Å². The van der Waals surface area contributed by atoms with Gasteiger partial charge in [0.25, 0.3) is 0 Å². The Morgan fingerprint density at radius 3 is 3.12 bits per heavy atom. The highest BCUT2D eigenvalue weighted by Gasteiger charge is 2.21. The van der Waals surface area contributed by atoms with Crippen LogP contribution in [0.4, 0.5) is 0 Å². The number of aryl methyl sites for hydroxylation is 2. The summed E-state index contributed by atoms with van der Waals surface area (Å²) in [5, 5.41) is 11.4. The Morgan fingerprint density at radius 2 is 2.36 bits per heavy atom. The van der Waals surface area contributed by atoms with Crippen LogP contribution in [0.2, 0.25) is 0 Å². The molecule has 2 N–H and O–H groups in total. The molecular weight excluding hydrogens is 431 g/mol. The van der Waals surface area contributed by atoms with Crippen LogP contribution in [-0.4, -0.2) is 39.9 Å². The lowest BCUT2D eigenvalue weighted by molar-refractivity contribution is 0.392. The summed E-state index contributed by atoms with van der Waals surface area (Å²) in [6.07, 6.45) is 5.58. The second-order valence-electron chi connectivity index (χ2n) is 6.12. The maximum atomic E-state index is 5.37. The van der Waals surface area contributed by atoms with Crippen LogP contribution in [-0.2, 0) is 19.4 Å². The topological polar surface area (TPSA) is 80.3 Å². The standard InChI is InChI=1S/C17H26N6O.HI/c1-3-9-18-17(19-10-8-15-5-4-11-24-15)21-14-6-7-16-20-13(2)22-23(16)12-14;/h4-5,11,14H,3,6-10,12H2,1-2H3,(H2,18,19,21);1H. The van der Waals surface area contributed by atoms with E-state index in [2.05, 4.69) is 32.6 Å². The quantitative estimate of drug-likeness (QED) is 0.395. The van der Waals surface area contributed by atoms with Crippen molar-refractivity contribution in [3.8, 4) is 0 Å². The monoisotopic (exact) mass is 458 g/mol. The van der Waals surface area contributed by atoms with E-state index in [4.69, 9.17) is 4.42 Å². The van der Waals surface area contributed by atoms with E-state index in [1.54, 1.807) is 6.26 Å². The first-order chi connectivity index (χ1) is 11.7. The zero-order chi connectivity index (χ0) is 16.8. The van der Waals surface area contributed by atoms with Gasteiger partial charge in [-0.05, 0) is 31.9 Å². The van der Waals surface area contributed by atoms with Crippen molar-refractivity contribution in [1.82, 2.24) is 25.4 Å². The fraction of sp³-hybridized carbons (Fsp3) is 0.588. The van der Waals surface area contributed by atoms with Crippen LogP contribution in [0.3, 0.4) is 0 Å². The molecule has 0 saturated carbocycles. The average molecular weight is 458 g/mol. The first-order valence-corrected chi connectivity index (χ1v) is 8.72. The Morgan fingerprint density at radius 1 is 1.48 bits per heavy atom. The van der Waals surface area contributed by atoms with Gasteiger partial charge in [0, 0.05) is 32.0 Å². The predicted molar refractivity (Wildman–Crippen MR) is 108 cm³/mol. The summed E-state index contributed by atoms with van der Waals surface area (Å²) in [5.41, 5.74) is 0. The van der Waals surface area contributed by atoms with Gasteiger partial charge in [0.15, 0.2) is 5.96 Å². The van der Waals surface area contributed by atoms with Crippen LogP contribution in [0.1, 0.15) is 37.2 Å². The summed E-state index contributed by atoms with van der Waals surface area (Å²) in [5.74, 6) is 3.79. The molecule has 1 unspecified atom stereocenters. The number of guanidine groups is 1. The number of hydrogen-bond donors (Lipinski definition) is 2. The number of furan rings is 1. The third-order valence-corrected chi connectivity index (χ3v) is 4.04. The fourth-order valence-corrected chi connectivity index (χ4v) is 2.88. The minimum Gasteiger partial charge on any atom is -0.469 e. The van der Waals surface area contributed by atoms with Gasteiger partial charge in [0.2, 0.25) is 0 Å². The van der Waals surface area contributed by atoms with Crippen molar-refractivity contribution < 1.29 is 4.42 Å². The van der Waals surface area contributed by atoms with E-state index < -0.39 is 0 Å². The Kier molecular flexibility index (Phi) is 7.73. The summed E-state index contributed by atoms with van der Waals surface area (Å²) in [7, 11) is 0. The zero-order valence-electron chi connectivity index (χ0n) is 14.9. The number of rotatable bonds is 6. The molecule has 2 aromatic heterocycles. The second kappa shape index (κ2) is 9.79. The third kappa shape index (κ3) is 5.72. The number of aliphatic imine (C=N–C) groups is 1. The first-order valence-electron chi connectivity index (χ1n) is 8.72. The van der Waals surface area contributed by atoms with Crippen molar-refractivity contribution in [2.75, 3.05) is 13.1 Å². The highest BCUT2D eigenvalue weighted by molar-refractivity contribution is 14.0. The van der Waals surface area contributed by atoms with Crippen LogP contribution >= 0.6 is 24.0 Å². The Labute approximate surface area is 165 Å². The van der Waals surface area contributed by atoms with Crippen LogP contribution in [0.5, 0.6) is 0 Å². The van der Waals surface area contributed by atoms with Gasteiger partial charge in [0.1, 0.15) is 17.4 Å². The van der Waals surface area contributed by atoms with Crippen molar-refractivity contribution in [2.24, 2.45) is 4.99 Å². The lowest BCUT2D eigenvalue weighted by atomic mass is 10.1. The lowest BCUT2D eigenvalue weighted by Crippen LogP contribution is -2.47. The number of halogens is 1. The molecule has 0 radical (unpaired) electrons. The second-order valence-corrected chi connectivity index (χ2v) is 6.12. The number of fused-ring (bicyclic) bond motifs is 1. The molecule has 0 aliphatic carbocycles. The highest BCUT2D eigenvalue weighted by atomic mass is 127. The molecule has 0 amide bonds. The molecule has 3 rings (SSSR count). The van der Waals surface area contributed by atoms with Crippen LogP contribution in [0.15, 0.2) is 27.8 Å². The third-order valence-electron chi connectivity index (χ3n) is 4.04. The van der Waals surface area contributed by atoms with Gasteiger partial charge >= 0.3 is 0 Å². The van der Waals surface area contributed by atoms with Crippen molar-refractivity contribution >= 4 is 29.9 Å². The molecular formula is C17H27IN6O. The number of aromatic nitrogens is 3. The highest BCUT2D eigenvalue weighted by Crippen LogP contribution is 2.12. The van der Waals surface area contributed by atoms with Crippen molar-refractivity contribution in [3.63, 3.8) is 0 Å². The first kappa shape index (κ1) is 19.7. The summed E-state index contributed by atoms with van der Waals surface area (Å²) < 4.78 is 7.38. The van der Waals surface area contributed by atoms with E-state index in [1.807, 2.05) is 23.7 Å². The molecule has 0 bridgehead atoms. The maximum Gasteiger partial charge on any atom is 0.191 e. The molecule has 0 aromatic carbocycles. The Balaban J connectivity index is 0.00000225. The molecule has 0 fully saturated rings. The van der Waals surface area contributed by atoms with Gasteiger partial charge in [-0.1, -0.05) is 6.92 Å². The van der Waals surface area contributed by atoms with Gasteiger partial charge in [-0.15, -0.1) is 24.0 Å². The number of hydrogen-bond acceptors (Lipinski definition) is 4. The minimum atomic E-state index is 0. The molecule has 7 nitrogen and oxygen atoms in total. The summed E-state index contributed by atoms with van der Waals surface area (Å²) >= 11 is 0. The Bertz CT molecular complexity index is 667. The van der Waals surface area contributed by atoms with Gasteiger partial charge < -0.3 is 15.1 Å². The molecule has 1 aliphatic rings. The van der Waals surface area contributed by atoms with E-state index in [9.17, 15) is 0 Å². The summed E-state index contributed by atoms with van der Waals surface area (Å²) in [6.45, 7) is 6.52. The SMILES string of the molecule is CCCN=C(NCCc1ccco1)NC1CCc2nc(C)nn2C1.I. The van der Waals surface area contributed by atoms with Crippen LogP contribution < -0.4 is 10.6 Å². The van der Waals surface area contributed by atoms with Crippen LogP contribution in [0.25, 0.3) is 0 Å². The summed E-state index contributed by atoms with van der Waals surface area (Å²) in [6, 6.07) is 4.23. The zero-order valence-corrected chi connectivity index (χ0v) is 17.2. The Hall–Kier alpha value is -1.58. The van der Waals surface area contributed by atoms with E-state index in [-0.39, 0.29) is 24.0 Å². The van der Waals surface area contributed by atoms with Gasteiger partial charge in [-0.3, -0.25) is 4.99 Å². The molecule has 1 atom stereocenters.